The van der Waals surface area contributed by atoms with Gasteiger partial charge in [-0.2, -0.15) is 0 Å². The lowest BCUT2D eigenvalue weighted by Crippen LogP contribution is -2.51. The Morgan fingerprint density at radius 1 is 1.17 bits per heavy atom. The molecule has 0 aromatic carbocycles. The van der Waals surface area contributed by atoms with Crippen molar-refractivity contribution in [2.24, 2.45) is 40.4 Å². The van der Waals surface area contributed by atoms with Crippen molar-refractivity contribution in [3.05, 3.63) is 11.6 Å². The number of rotatable bonds is 5. The number of hydrogen-bond donors (Lipinski definition) is 0. The Morgan fingerprint density at radius 3 is 2.63 bits per heavy atom. The first-order valence-electron chi connectivity index (χ1n) is 12.2. The van der Waals surface area contributed by atoms with E-state index in [0.717, 1.165) is 49.4 Å². The molecule has 30 heavy (non-hydrogen) atoms. The summed E-state index contributed by atoms with van der Waals surface area (Å²) in [5.74, 6) is 3.51. The SMILES string of the molecule is CC(=O)OC1CC[C@@]2(C)C(=CC[C@H]3[C@@H]4CC[C@H]([C@H](C)CCC(=O)Cl)[C@@]4(C)CC[C@@H]32)C1. The molecule has 1 unspecified atom stereocenters. The van der Waals surface area contributed by atoms with Crippen LogP contribution in [0, 0.1) is 40.4 Å². The van der Waals surface area contributed by atoms with Crippen molar-refractivity contribution in [1.29, 1.82) is 0 Å². The number of halogens is 1. The van der Waals surface area contributed by atoms with Crippen molar-refractivity contribution < 1.29 is 14.3 Å². The Morgan fingerprint density at radius 2 is 1.93 bits per heavy atom. The molecular weight excluding hydrogens is 396 g/mol. The zero-order chi connectivity index (χ0) is 21.7. The fraction of sp³-hybridized carbons (Fsp3) is 0.846. The molecule has 4 aliphatic rings. The van der Waals surface area contributed by atoms with E-state index in [2.05, 4.69) is 26.8 Å². The predicted octanol–water partition coefficient (Wildman–Crippen LogP) is 6.68. The Hall–Kier alpha value is -0.830. The average molecular weight is 435 g/mol. The molecule has 4 heteroatoms. The highest BCUT2D eigenvalue weighted by Crippen LogP contribution is 2.67. The van der Waals surface area contributed by atoms with E-state index >= 15 is 0 Å². The van der Waals surface area contributed by atoms with E-state index in [1.54, 1.807) is 5.57 Å². The zero-order valence-electron chi connectivity index (χ0n) is 19.2. The molecule has 4 aliphatic carbocycles. The molecule has 3 saturated carbocycles. The molecular formula is C26H39ClO3. The van der Waals surface area contributed by atoms with Gasteiger partial charge in [0.05, 0.1) is 0 Å². The number of esters is 1. The van der Waals surface area contributed by atoms with Gasteiger partial charge in [-0.05, 0) is 103 Å². The van der Waals surface area contributed by atoms with E-state index in [0.29, 0.717) is 17.8 Å². The third-order valence-corrected chi connectivity index (χ3v) is 10.1. The van der Waals surface area contributed by atoms with Crippen LogP contribution in [0.4, 0.5) is 0 Å². The number of ether oxygens (including phenoxy) is 1. The fourth-order valence-corrected chi connectivity index (χ4v) is 8.59. The van der Waals surface area contributed by atoms with Crippen molar-refractivity contribution in [2.45, 2.75) is 98.0 Å². The van der Waals surface area contributed by atoms with Crippen LogP contribution in [0.15, 0.2) is 11.6 Å². The molecule has 4 rings (SSSR count). The number of fused-ring (bicyclic) bond motifs is 5. The molecule has 0 aromatic rings. The van der Waals surface area contributed by atoms with Crippen molar-refractivity contribution in [2.75, 3.05) is 0 Å². The third-order valence-electron chi connectivity index (χ3n) is 9.95. The molecule has 0 aliphatic heterocycles. The summed E-state index contributed by atoms with van der Waals surface area (Å²) < 4.78 is 5.57. The Kier molecular flexibility index (Phi) is 6.16. The van der Waals surface area contributed by atoms with Crippen LogP contribution in [-0.2, 0) is 14.3 Å². The molecule has 0 amide bonds. The molecule has 0 aromatic heterocycles. The lowest BCUT2D eigenvalue weighted by molar-refractivity contribution is -0.148. The Bertz CT molecular complexity index is 730. The van der Waals surface area contributed by atoms with Gasteiger partial charge in [-0.1, -0.05) is 32.4 Å². The Labute approximate surface area is 187 Å². The van der Waals surface area contributed by atoms with Gasteiger partial charge in [-0.15, -0.1) is 0 Å². The highest BCUT2D eigenvalue weighted by molar-refractivity contribution is 6.63. The summed E-state index contributed by atoms with van der Waals surface area (Å²) in [7, 11) is 0. The average Bonchev–Trinajstić information content (AvgIpc) is 3.03. The highest BCUT2D eigenvalue weighted by Gasteiger charge is 2.59. The topological polar surface area (TPSA) is 43.4 Å². The number of hydrogen-bond acceptors (Lipinski definition) is 3. The quantitative estimate of drug-likeness (QED) is 0.275. The molecule has 168 valence electrons. The third kappa shape index (κ3) is 3.78. The van der Waals surface area contributed by atoms with Crippen LogP contribution in [0.2, 0.25) is 0 Å². The summed E-state index contributed by atoms with van der Waals surface area (Å²) in [5, 5.41) is -0.188. The van der Waals surface area contributed by atoms with Crippen LogP contribution in [0.3, 0.4) is 0 Å². The maximum Gasteiger partial charge on any atom is 0.302 e. The van der Waals surface area contributed by atoms with Gasteiger partial charge in [0.15, 0.2) is 0 Å². The van der Waals surface area contributed by atoms with Crippen LogP contribution >= 0.6 is 11.6 Å². The smallest absolute Gasteiger partial charge is 0.302 e. The number of carbonyl (C=O) groups excluding carboxylic acids is 2. The van der Waals surface area contributed by atoms with Crippen LogP contribution < -0.4 is 0 Å². The zero-order valence-corrected chi connectivity index (χ0v) is 20.0. The largest absolute Gasteiger partial charge is 0.462 e. The van der Waals surface area contributed by atoms with Gasteiger partial charge in [0, 0.05) is 19.8 Å². The minimum absolute atomic E-state index is 0.0774. The molecule has 0 radical (unpaired) electrons. The van der Waals surface area contributed by atoms with E-state index < -0.39 is 0 Å². The number of carbonyl (C=O) groups is 2. The summed E-state index contributed by atoms with van der Waals surface area (Å²) in [6, 6.07) is 0. The second-order valence-electron chi connectivity index (χ2n) is 11.3. The second kappa shape index (κ2) is 8.26. The fourth-order valence-electron chi connectivity index (χ4n) is 8.48. The minimum atomic E-state index is -0.188. The van der Waals surface area contributed by atoms with Gasteiger partial charge in [-0.25, -0.2) is 0 Å². The summed E-state index contributed by atoms with van der Waals surface area (Å²) >= 11 is 5.64. The van der Waals surface area contributed by atoms with Gasteiger partial charge < -0.3 is 4.74 Å². The summed E-state index contributed by atoms with van der Waals surface area (Å²) in [4.78, 5) is 22.7. The molecule has 8 atom stereocenters. The molecule has 3 nitrogen and oxygen atoms in total. The first kappa shape index (κ1) is 22.4. The molecule has 0 heterocycles. The highest BCUT2D eigenvalue weighted by atomic mass is 35.5. The van der Waals surface area contributed by atoms with E-state index in [-0.39, 0.29) is 22.7 Å². The maximum atomic E-state index is 11.4. The van der Waals surface area contributed by atoms with E-state index in [1.165, 1.54) is 39.0 Å². The normalized spacial score (nSPS) is 43.6. The molecule has 0 N–H and O–H groups in total. The first-order valence-corrected chi connectivity index (χ1v) is 12.6. The van der Waals surface area contributed by atoms with Crippen molar-refractivity contribution in [1.82, 2.24) is 0 Å². The summed E-state index contributed by atoms with van der Waals surface area (Å²) in [6.07, 6.45) is 13.6. The molecule has 0 saturated heterocycles. The second-order valence-corrected chi connectivity index (χ2v) is 11.8. The van der Waals surface area contributed by atoms with E-state index in [1.807, 2.05) is 0 Å². The predicted molar refractivity (Wildman–Crippen MR) is 120 cm³/mol. The lowest BCUT2D eigenvalue weighted by atomic mass is 9.47. The summed E-state index contributed by atoms with van der Waals surface area (Å²) in [5.41, 5.74) is 2.26. The lowest BCUT2D eigenvalue weighted by Gasteiger charge is -2.58. The molecule has 0 spiro atoms. The van der Waals surface area contributed by atoms with Crippen LogP contribution in [0.25, 0.3) is 0 Å². The summed E-state index contributed by atoms with van der Waals surface area (Å²) in [6.45, 7) is 8.94. The van der Waals surface area contributed by atoms with Crippen LogP contribution in [-0.4, -0.2) is 17.3 Å². The first-order chi connectivity index (χ1) is 14.1. The monoisotopic (exact) mass is 434 g/mol. The van der Waals surface area contributed by atoms with Gasteiger partial charge in [-0.3, -0.25) is 9.59 Å². The minimum Gasteiger partial charge on any atom is -0.462 e. The van der Waals surface area contributed by atoms with Gasteiger partial charge in [0.25, 0.3) is 0 Å². The van der Waals surface area contributed by atoms with Crippen LogP contribution in [0.5, 0.6) is 0 Å². The Balaban J connectivity index is 1.51. The number of allylic oxidation sites excluding steroid dienone is 1. The van der Waals surface area contributed by atoms with Crippen LogP contribution in [0.1, 0.15) is 91.9 Å². The standard InChI is InChI=1S/C26H39ClO3/c1-16(5-10-24(27)29)21-8-9-22-20-7-6-18-15-19(30-17(2)28)11-13-25(18,3)23(20)12-14-26(21,22)4/h6,16,19-23H,5,7-15H2,1-4H3/t16-,19?,20+,21-,22+,23+,25+,26-/m1/s1. The van der Waals surface area contributed by atoms with Crippen molar-refractivity contribution in [3.63, 3.8) is 0 Å². The van der Waals surface area contributed by atoms with Gasteiger partial charge >= 0.3 is 5.97 Å². The van der Waals surface area contributed by atoms with Crippen molar-refractivity contribution >= 4 is 22.8 Å². The van der Waals surface area contributed by atoms with E-state index in [4.69, 9.17) is 16.3 Å². The van der Waals surface area contributed by atoms with Gasteiger partial charge in [0.2, 0.25) is 5.24 Å². The maximum absolute atomic E-state index is 11.4. The van der Waals surface area contributed by atoms with E-state index in [9.17, 15) is 9.59 Å². The molecule has 3 fully saturated rings. The molecule has 0 bridgehead atoms. The van der Waals surface area contributed by atoms with Crippen molar-refractivity contribution in [3.8, 4) is 0 Å². The van der Waals surface area contributed by atoms with Gasteiger partial charge in [0.1, 0.15) is 6.10 Å².